The Morgan fingerprint density at radius 3 is 2.44 bits per heavy atom. The van der Waals surface area contributed by atoms with Crippen LogP contribution in [0.5, 0.6) is 0 Å². The summed E-state index contributed by atoms with van der Waals surface area (Å²) in [6.45, 7) is 6.64. The number of benzene rings is 1. The van der Waals surface area contributed by atoms with Gasteiger partial charge in [-0.2, -0.15) is 0 Å². The molecule has 16 heavy (non-hydrogen) atoms. The Morgan fingerprint density at radius 2 is 1.94 bits per heavy atom. The van der Waals surface area contributed by atoms with Gasteiger partial charge in [0.1, 0.15) is 5.82 Å². The predicted molar refractivity (Wildman–Crippen MR) is 67.6 cm³/mol. The lowest BCUT2D eigenvalue weighted by Gasteiger charge is -2.15. The van der Waals surface area contributed by atoms with Crippen molar-refractivity contribution >= 4 is 11.6 Å². The lowest BCUT2D eigenvalue weighted by molar-refractivity contribution is 0.594. The van der Waals surface area contributed by atoms with Crippen LogP contribution in [0.25, 0.3) is 0 Å². The topological polar surface area (TPSA) is 26.0 Å². The van der Waals surface area contributed by atoms with Gasteiger partial charge in [0.05, 0.1) is 5.02 Å². The van der Waals surface area contributed by atoms with Crippen LogP contribution in [0, 0.1) is 5.82 Å². The zero-order valence-electron chi connectivity index (χ0n) is 10.1. The molecule has 0 aliphatic carbocycles. The summed E-state index contributed by atoms with van der Waals surface area (Å²) in [6, 6.07) is 3.62. The van der Waals surface area contributed by atoms with E-state index in [1.165, 1.54) is 0 Å². The maximum atomic E-state index is 13.7. The molecule has 0 aliphatic rings. The molecule has 0 amide bonds. The first-order valence-electron chi connectivity index (χ1n) is 5.66. The summed E-state index contributed by atoms with van der Waals surface area (Å²) in [4.78, 5) is 0. The summed E-state index contributed by atoms with van der Waals surface area (Å²) in [5.41, 5.74) is 7.28. The second-order valence-corrected chi connectivity index (χ2v) is 4.95. The molecular weight excluding hydrogens is 225 g/mol. The Kier molecular flexibility index (Phi) is 4.75. The van der Waals surface area contributed by atoms with Gasteiger partial charge in [-0.05, 0) is 42.0 Å². The lowest BCUT2D eigenvalue weighted by Crippen LogP contribution is -2.06. The van der Waals surface area contributed by atoms with E-state index in [0.29, 0.717) is 18.0 Å². The van der Waals surface area contributed by atoms with E-state index >= 15 is 0 Å². The van der Waals surface area contributed by atoms with Crippen molar-refractivity contribution in [3.8, 4) is 0 Å². The van der Waals surface area contributed by atoms with E-state index in [1.807, 2.05) is 19.9 Å². The Balaban J connectivity index is 3.13. The molecule has 0 aromatic heterocycles. The van der Waals surface area contributed by atoms with Crippen LogP contribution in [0.1, 0.15) is 50.2 Å². The zero-order chi connectivity index (χ0) is 12.3. The van der Waals surface area contributed by atoms with E-state index in [4.69, 9.17) is 17.3 Å². The summed E-state index contributed by atoms with van der Waals surface area (Å²) < 4.78 is 13.7. The van der Waals surface area contributed by atoms with Gasteiger partial charge < -0.3 is 5.73 Å². The van der Waals surface area contributed by atoms with Crippen molar-refractivity contribution < 1.29 is 4.39 Å². The third-order valence-electron chi connectivity index (χ3n) is 2.87. The molecule has 0 saturated carbocycles. The number of halogens is 2. The van der Waals surface area contributed by atoms with Crippen LogP contribution in [0.3, 0.4) is 0 Å². The van der Waals surface area contributed by atoms with Gasteiger partial charge in [-0.25, -0.2) is 4.39 Å². The molecule has 1 atom stereocenters. The quantitative estimate of drug-likeness (QED) is 0.848. The van der Waals surface area contributed by atoms with Crippen molar-refractivity contribution in [3.63, 3.8) is 0 Å². The normalized spacial score (nSPS) is 13.2. The first kappa shape index (κ1) is 13.5. The summed E-state index contributed by atoms with van der Waals surface area (Å²) in [7, 11) is 0. The molecule has 1 aromatic carbocycles. The number of nitrogens with two attached hydrogens (primary N) is 1. The molecule has 1 unspecified atom stereocenters. The highest BCUT2D eigenvalue weighted by Gasteiger charge is 2.14. The van der Waals surface area contributed by atoms with Crippen LogP contribution in [-0.4, -0.2) is 6.54 Å². The van der Waals surface area contributed by atoms with Gasteiger partial charge in [0.15, 0.2) is 0 Å². The highest BCUT2D eigenvalue weighted by Crippen LogP contribution is 2.30. The summed E-state index contributed by atoms with van der Waals surface area (Å²) >= 11 is 5.90. The van der Waals surface area contributed by atoms with Crippen LogP contribution < -0.4 is 5.73 Å². The van der Waals surface area contributed by atoms with Crippen LogP contribution in [0.15, 0.2) is 12.1 Å². The van der Waals surface area contributed by atoms with Gasteiger partial charge in [-0.3, -0.25) is 0 Å². The third-order valence-corrected chi connectivity index (χ3v) is 3.14. The molecule has 0 heterocycles. The van der Waals surface area contributed by atoms with Gasteiger partial charge in [0, 0.05) is 0 Å². The Bertz CT molecular complexity index is 363. The minimum Gasteiger partial charge on any atom is -0.330 e. The minimum atomic E-state index is -0.291. The molecule has 0 radical (unpaired) electrons. The molecule has 2 N–H and O–H groups in total. The predicted octanol–water partition coefficient (Wildman–Crippen LogP) is 4.05. The van der Waals surface area contributed by atoms with Crippen LogP contribution >= 0.6 is 11.6 Å². The van der Waals surface area contributed by atoms with E-state index in [9.17, 15) is 4.39 Å². The summed E-state index contributed by atoms with van der Waals surface area (Å²) in [6.07, 6.45) is 0.888. The van der Waals surface area contributed by atoms with Crippen molar-refractivity contribution in [2.45, 2.75) is 39.0 Å². The average molecular weight is 244 g/mol. The Labute approximate surface area is 102 Å². The van der Waals surface area contributed by atoms with Crippen molar-refractivity contribution in [3.05, 3.63) is 34.1 Å². The van der Waals surface area contributed by atoms with Crippen LogP contribution in [-0.2, 0) is 0 Å². The molecule has 0 bridgehead atoms. The fourth-order valence-corrected chi connectivity index (χ4v) is 1.99. The van der Waals surface area contributed by atoms with E-state index in [2.05, 4.69) is 6.92 Å². The highest BCUT2D eigenvalue weighted by molar-refractivity contribution is 6.30. The van der Waals surface area contributed by atoms with Crippen molar-refractivity contribution in [2.24, 2.45) is 5.73 Å². The van der Waals surface area contributed by atoms with Gasteiger partial charge in [0.25, 0.3) is 0 Å². The van der Waals surface area contributed by atoms with Crippen molar-refractivity contribution in [1.29, 1.82) is 0 Å². The second-order valence-electron chi connectivity index (χ2n) is 4.54. The third kappa shape index (κ3) is 2.96. The number of hydrogen-bond acceptors (Lipinski definition) is 1. The van der Waals surface area contributed by atoms with E-state index in [-0.39, 0.29) is 16.8 Å². The molecule has 90 valence electrons. The first-order chi connectivity index (χ1) is 7.47. The van der Waals surface area contributed by atoms with Crippen LogP contribution in [0.2, 0.25) is 5.02 Å². The number of rotatable bonds is 4. The molecule has 3 heteroatoms. The van der Waals surface area contributed by atoms with Crippen molar-refractivity contribution in [1.82, 2.24) is 0 Å². The Morgan fingerprint density at radius 1 is 1.31 bits per heavy atom. The van der Waals surface area contributed by atoms with Crippen molar-refractivity contribution in [2.75, 3.05) is 6.54 Å². The highest BCUT2D eigenvalue weighted by atomic mass is 35.5. The van der Waals surface area contributed by atoms with E-state index in [1.54, 1.807) is 6.07 Å². The minimum absolute atomic E-state index is 0.141. The second kappa shape index (κ2) is 5.65. The molecule has 0 spiro atoms. The van der Waals surface area contributed by atoms with E-state index in [0.717, 1.165) is 12.0 Å². The van der Waals surface area contributed by atoms with Gasteiger partial charge in [-0.1, -0.05) is 38.4 Å². The van der Waals surface area contributed by atoms with Gasteiger partial charge >= 0.3 is 0 Å². The number of hydrogen-bond donors (Lipinski definition) is 1. The monoisotopic (exact) mass is 243 g/mol. The molecule has 1 aromatic rings. The largest absolute Gasteiger partial charge is 0.330 e. The summed E-state index contributed by atoms with van der Waals surface area (Å²) in [5, 5.41) is 0.213. The molecular formula is C13H19ClFN. The van der Waals surface area contributed by atoms with Gasteiger partial charge in [-0.15, -0.1) is 0 Å². The zero-order valence-corrected chi connectivity index (χ0v) is 10.8. The average Bonchev–Trinajstić information content (AvgIpc) is 2.21. The maximum absolute atomic E-state index is 13.7. The smallest absolute Gasteiger partial charge is 0.145 e. The molecule has 0 saturated heterocycles. The lowest BCUT2D eigenvalue weighted by atomic mass is 9.92. The standard InChI is InChI=1S/C13H19ClFN/c1-8(2)11-6-10(9(3)4-5-16)7-12(14)13(11)15/h6-9H,4-5,16H2,1-3H3. The summed E-state index contributed by atoms with van der Waals surface area (Å²) in [5.74, 6) is 0.170. The SMILES string of the molecule is CC(C)c1cc(C(C)CCN)cc(Cl)c1F. The Hall–Kier alpha value is -0.600. The van der Waals surface area contributed by atoms with Gasteiger partial charge in [0.2, 0.25) is 0 Å². The molecule has 0 fully saturated rings. The first-order valence-corrected chi connectivity index (χ1v) is 6.04. The fraction of sp³-hybridized carbons (Fsp3) is 0.538. The fourth-order valence-electron chi connectivity index (χ4n) is 1.75. The molecule has 1 nitrogen and oxygen atoms in total. The molecule has 1 rings (SSSR count). The molecule has 0 aliphatic heterocycles. The van der Waals surface area contributed by atoms with Crippen LogP contribution in [0.4, 0.5) is 4.39 Å². The van der Waals surface area contributed by atoms with E-state index < -0.39 is 0 Å². The maximum Gasteiger partial charge on any atom is 0.145 e.